The summed E-state index contributed by atoms with van der Waals surface area (Å²) in [6.07, 6.45) is -3.08. The first kappa shape index (κ1) is 18.7. The molecule has 0 radical (unpaired) electrons. The molecule has 0 fully saturated rings. The average molecular weight is 378 g/mol. The fraction of sp³-hybridized carbons (Fsp3) is 0.333. The zero-order valence-electron chi connectivity index (χ0n) is 13.0. The first-order valence-corrected chi connectivity index (χ1v) is 8.35. The van der Waals surface area contributed by atoms with Gasteiger partial charge >= 0.3 is 12.2 Å². The van der Waals surface area contributed by atoms with Gasteiger partial charge in [-0.25, -0.2) is 4.79 Å². The number of amides is 1. The molecule has 4 nitrogen and oxygen atoms in total. The first-order chi connectivity index (χ1) is 11.3. The van der Waals surface area contributed by atoms with Gasteiger partial charge in [-0.2, -0.15) is 23.0 Å². The molecule has 1 aromatic carbocycles. The molecule has 0 atom stereocenters. The fourth-order valence-corrected chi connectivity index (χ4v) is 3.11. The third-order valence-corrected chi connectivity index (χ3v) is 4.49. The lowest BCUT2D eigenvalue weighted by molar-refractivity contribution is -0.139. The number of halogens is 4. The molecular weight excluding hydrogens is 363 g/mol. The highest BCUT2D eigenvalue weighted by atomic mass is 35.5. The minimum absolute atomic E-state index is 0.00826. The Labute approximate surface area is 146 Å². The van der Waals surface area contributed by atoms with Crippen LogP contribution in [0.1, 0.15) is 19.4 Å². The first-order valence-electron chi connectivity index (χ1n) is 7.15. The third kappa shape index (κ3) is 4.24. The van der Waals surface area contributed by atoms with E-state index in [4.69, 9.17) is 11.6 Å². The summed E-state index contributed by atoms with van der Waals surface area (Å²) in [5, 5.41) is 4.36. The molecule has 0 spiro atoms. The van der Waals surface area contributed by atoms with E-state index in [1.807, 2.05) is 13.8 Å². The Bertz CT molecular complexity index is 729. The third-order valence-electron chi connectivity index (χ3n) is 3.26. The quantitative estimate of drug-likeness (QED) is 0.751. The van der Waals surface area contributed by atoms with Crippen LogP contribution in [0.4, 0.5) is 18.0 Å². The predicted molar refractivity (Wildman–Crippen MR) is 86.5 cm³/mol. The Morgan fingerprint density at radius 1 is 1.29 bits per heavy atom. The fourth-order valence-electron chi connectivity index (χ4n) is 2.03. The van der Waals surface area contributed by atoms with E-state index >= 15 is 0 Å². The summed E-state index contributed by atoms with van der Waals surface area (Å²) < 4.78 is 40.4. The van der Waals surface area contributed by atoms with Crippen LogP contribution >= 0.6 is 23.4 Å². The molecule has 130 valence electrons. The number of benzene rings is 1. The molecule has 1 aromatic heterocycles. The van der Waals surface area contributed by atoms with Crippen molar-refractivity contribution in [1.29, 1.82) is 0 Å². The lowest BCUT2D eigenvalue weighted by Gasteiger charge is -2.17. The lowest BCUT2D eigenvalue weighted by atomic mass is 10.2. The molecule has 0 unspecified atom stereocenters. The van der Waals surface area contributed by atoms with E-state index in [2.05, 4.69) is 5.10 Å². The Balaban J connectivity index is 2.26. The van der Waals surface area contributed by atoms with Crippen molar-refractivity contribution in [1.82, 2.24) is 14.7 Å². The Morgan fingerprint density at radius 3 is 2.54 bits per heavy atom. The maximum Gasteiger partial charge on any atom is 0.417 e. The topological polar surface area (TPSA) is 38.1 Å². The van der Waals surface area contributed by atoms with Crippen LogP contribution in [0.15, 0.2) is 40.4 Å². The summed E-state index contributed by atoms with van der Waals surface area (Å²) >= 11 is 6.49. The van der Waals surface area contributed by atoms with Gasteiger partial charge in [0.25, 0.3) is 0 Å². The summed E-state index contributed by atoms with van der Waals surface area (Å²) in [6, 6.07) is 4.74. The molecule has 9 heteroatoms. The van der Waals surface area contributed by atoms with Gasteiger partial charge < -0.3 is 4.90 Å². The van der Waals surface area contributed by atoms with Crippen molar-refractivity contribution >= 4 is 29.4 Å². The van der Waals surface area contributed by atoms with Gasteiger partial charge in [-0.05, 0) is 38.1 Å². The minimum Gasteiger partial charge on any atom is -0.323 e. The van der Waals surface area contributed by atoms with Crippen LogP contribution < -0.4 is 0 Å². The lowest BCUT2D eigenvalue weighted by Crippen LogP contribution is -2.34. The molecule has 1 amide bonds. The number of carbonyl (C=O) groups excluding carboxylic acids is 1. The van der Waals surface area contributed by atoms with Crippen LogP contribution in [0.5, 0.6) is 0 Å². The summed E-state index contributed by atoms with van der Waals surface area (Å²) in [6.45, 7) is 4.72. The van der Waals surface area contributed by atoms with Gasteiger partial charge in [0.15, 0.2) is 0 Å². The van der Waals surface area contributed by atoms with E-state index in [1.54, 1.807) is 4.90 Å². The van der Waals surface area contributed by atoms with Crippen molar-refractivity contribution in [3.8, 4) is 0 Å². The summed E-state index contributed by atoms with van der Waals surface area (Å²) in [7, 11) is 0. The van der Waals surface area contributed by atoms with Crippen LogP contribution in [0.2, 0.25) is 5.02 Å². The molecule has 24 heavy (non-hydrogen) atoms. The molecule has 0 aliphatic rings. The Kier molecular flexibility index (Phi) is 5.82. The number of hydrogen-bond acceptors (Lipinski definition) is 3. The zero-order chi connectivity index (χ0) is 17.9. The Morgan fingerprint density at radius 2 is 1.96 bits per heavy atom. The summed E-state index contributed by atoms with van der Waals surface area (Å²) in [4.78, 5) is 13.7. The number of rotatable bonds is 4. The van der Waals surface area contributed by atoms with Gasteiger partial charge in [0.1, 0.15) is 5.03 Å². The number of nitrogens with zero attached hydrogens (tertiary/aromatic N) is 3. The van der Waals surface area contributed by atoms with Gasteiger partial charge in [-0.1, -0.05) is 23.4 Å². The summed E-state index contributed by atoms with van der Waals surface area (Å²) in [5.74, 6) is 0. The average Bonchev–Trinajstić information content (AvgIpc) is 2.97. The van der Waals surface area contributed by atoms with Crippen molar-refractivity contribution in [3.05, 3.63) is 41.0 Å². The molecule has 0 saturated heterocycles. The SMILES string of the molecule is CCN(CC)C(=O)n1ccc(Sc2ccc(Cl)cc2C(F)(F)F)n1. The van der Waals surface area contributed by atoms with Crippen LogP contribution in [0.3, 0.4) is 0 Å². The van der Waals surface area contributed by atoms with E-state index in [1.165, 1.54) is 24.4 Å². The highest BCUT2D eigenvalue weighted by molar-refractivity contribution is 7.99. The molecule has 0 bridgehead atoms. The van der Waals surface area contributed by atoms with Crippen molar-refractivity contribution in [3.63, 3.8) is 0 Å². The van der Waals surface area contributed by atoms with Gasteiger partial charge in [0.2, 0.25) is 0 Å². The van der Waals surface area contributed by atoms with Gasteiger partial charge in [0.05, 0.1) is 5.56 Å². The van der Waals surface area contributed by atoms with Gasteiger partial charge in [0, 0.05) is 29.2 Å². The molecule has 1 heterocycles. The number of aromatic nitrogens is 2. The molecule has 0 aliphatic carbocycles. The maximum absolute atomic E-state index is 13.1. The molecule has 0 N–H and O–H groups in total. The normalized spacial score (nSPS) is 11.6. The van der Waals surface area contributed by atoms with Crippen molar-refractivity contribution < 1.29 is 18.0 Å². The van der Waals surface area contributed by atoms with Crippen LogP contribution in [-0.4, -0.2) is 33.8 Å². The monoisotopic (exact) mass is 377 g/mol. The molecule has 2 rings (SSSR count). The molecular formula is C15H15ClF3N3OS. The van der Waals surface area contributed by atoms with Crippen molar-refractivity contribution in [2.45, 2.75) is 29.9 Å². The van der Waals surface area contributed by atoms with Crippen molar-refractivity contribution in [2.24, 2.45) is 0 Å². The number of alkyl halides is 3. The van der Waals surface area contributed by atoms with E-state index in [9.17, 15) is 18.0 Å². The highest BCUT2D eigenvalue weighted by Gasteiger charge is 2.34. The van der Waals surface area contributed by atoms with Crippen LogP contribution in [0.25, 0.3) is 0 Å². The summed E-state index contributed by atoms with van der Waals surface area (Å²) in [5.41, 5.74) is -0.829. The van der Waals surface area contributed by atoms with Crippen LogP contribution in [0, 0.1) is 0 Å². The van der Waals surface area contributed by atoms with Gasteiger partial charge in [-0.15, -0.1) is 0 Å². The second-order valence-corrected chi connectivity index (χ2v) is 6.29. The minimum atomic E-state index is -4.52. The number of hydrogen-bond donors (Lipinski definition) is 0. The zero-order valence-corrected chi connectivity index (χ0v) is 14.5. The standard InChI is InChI=1S/C15H15ClF3N3OS/c1-3-21(4-2)14(23)22-8-7-13(20-22)24-12-6-5-10(16)9-11(12)15(17,18)19/h5-9H,3-4H2,1-2H3. The van der Waals surface area contributed by atoms with Crippen molar-refractivity contribution in [2.75, 3.05) is 13.1 Å². The largest absolute Gasteiger partial charge is 0.417 e. The number of carbonyl (C=O) groups is 1. The van der Waals surface area contributed by atoms with Gasteiger partial charge in [-0.3, -0.25) is 0 Å². The highest BCUT2D eigenvalue weighted by Crippen LogP contribution is 2.40. The second kappa shape index (κ2) is 7.48. The smallest absolute Gasteiger partial charge is 0.323 e. The van der Waals surface area contributed by atoms with E-state index < -0.39 is 11.7 Å². The molecule has 0 saturated carbocycles. The Hall–Kier alpha value is -1.67. The van der Waals surface area contributed by atoms with Crippen LogP contribution in [-0.2, 0) is 6.18 Å². The maximum atomic E-state index is 13.1. The van der Waals surface area contributed by atoms with E-state index in [0.717, 1.165) is 22.5 Å². The second-order valence-electron chi connectivity index (χ2n) is 4.79. The molecule has 2 aromatic rings. The van der Waals surface area contributed by atoms with E-state index in [0.29, 0.717) is 18.1 Å². The molecule has 0 aliphatic heterocycles. The predicted octanol–water partition coefficient (Wildman–Crippen LogP) is 5.02. The van der Waals surface area contributed by atoms with E-state index in [-0.39, 0.29) is 15.9 Å².